The van der Waals surface area contributed by atoms with Gasteiger partial charge >= 0.3 is 0 Å². The zero-order valence-corrected chi connectivity index (χ0v) is 7.79. The van der Waals surface area contributed by atoms with Crippen molar-refractivity contribution in [3.8, 4) is 0 Å². The van der Waals surface area contributed by atoms with Crippen molar-refractivity contribution in [1.82, 2.24) is 4.90 Å². The van der Waals surface area contributed by atoms with Crippen molar-refractivity contribution in [3.63, 3.8) is 0 Å². The van der Waals surface area contributed by atoms with Gasteiger partial charge in [0.05, 0.1) is 0 Å². The molecule has 0 aromatic carbocycles. The van der Waals surface area contributed by atoms with Gasteiger partial charge in [0.25, 0.3) is 11.8 Å². The van der Waals surface area contributed by atoms with E-state index in [1.807, 2.05) is 0 Å². The maximum Gasteiger partial charge on any atom is 0.254 e. The molecule has 0 atom stereocenters. The van der Waals surface area contributed by atoms with Gasteiger partial charge in [0.15, 0.2) is 0 Å². The third-order valence-electron chi connectivity index (χ3n) is 1.20. The molecule has 4 nitrogen and oxygen atoms in total. The van der Waals surface area contributed by atoms with Crippen LogP contribution in [-0.4, -0.2) is 37.0 Å². The van der Waals surface area contributed by atoms with Crippen LogP contribution < -0.4 is 0 Å². The Hall–Kier alpha value is -0.900. The van der Waals surface area contributed by atoms with Crippen molar-refractivity contribution in [2.24, 2.45) is 0 Å². The SMILES string of the molecule is CCC.CN1C(=O)COCC1=O. The summed E-state index contributed by atoms with van der Waals surface area (Å²) in [4.78, 5) is 22.2. The lowest BCUT2D eigenvalue weighted by Crippen LogP contribution is -2.43. The van der Waals surface area contributed by atoms with Crippen molar-refractivity contribution >= 4 is 11.8 Å². The van der Waals surface area contributed by atoms with E-state index in [9.17, 15) is 9.59 Å². The molecule has 0 aliphatic carbocycles. The number of carbonyl (C=O) groups is 2. The van der Waals surface area contributed by atoms with Gasteiger partial charge in [-0.25, -0.2) is 0 Å². The number of hydrogen-bond donors (Lipinski definition) is 0. The smallest absolute Gasteiger partial charge is 0.254 e. The van der Waals surface area contributed by atoms with Gasteiger partial charge in [-0.15, -0.1) is 0 Å². The Labute approximate surface area is 72.5 Å². The fourth-order valence-electron chi connectivity index (χ4n) is 0.558. The number of ether oxygens (including phenoxy) is 1. The molecule has 12 heavy (non-hydrogen) atoms. The Morgan fingerprint density at radius 3 is 1.83 bits per heavy atom. The highest BCUT2D eigenvalue weighted by molar-refractivity contribution is 5.97. The molecule has 0 aromatic rings. The van der Waals surface area contributed by atoms with Gasteiger partial charge < -0.3 is 4.74 Å². The first-order chi connectivity index (χ1) is 5.63. The van der Waals surface area contributed by atoms with E-state index >= 15 is 0 Å². The number of carbonyl (C=O) groups excluding carboxylic acids is 2. The van der Waals surface area contributed by atoms with Crippen molar-refractivity contribution in [2.45, 2.75) is 20.3 Å². The van der Waals surface area contributed by atoms with E-state index in [-0.39, 0.29) is 25.0 Å². The highest BCUT2D eigenvalue weighted by Gasteiger charge is 2.21. The van der Waals surface area contributed by atoms with Crippen molar-refractivity contribution in [2.75, 3.05) is 20.3 Å². The summed E-state index contributed by atoms with van der Waals surface area (Å²) in [5, 5.41) is 0. The summed E-state index contributed by atoms with van der Waals surface area (Å²) >= 11 is 0. The number of imide groups is 1. The normalized spacial score (nSPS) is 17.1. The number of amides is 2. The number of rotatable bonds is 0. The average molecular weight is 173 g/mol. The Kier molecular flexibility index (Phi) is 5.28. The van der Waals surface area contributed by atoms with Gasteiger partial charge in [-0.3, -0.25) is 14.5 Å². The van der Waals surface area contributed by atoms with E-state index in [1.165, 1.54) is 13.5 Å². The van der Waals surface area contributed by atoms with E-state index in [1.54, 1.807) is 0 Å². The van der Waals surface area contributed by atoms with Crippen LogP contribution in [0.15, 0.2) is 0 Å². The summed E-state index contributed by atoms with van der Waals surface area (Å²) in [6.45, 7) is 4.31. The second kappa shape index (κ2) is 5.71. The molecule has 0 radical (unpaired) electrons. The maximum atomic E-state index is 10.6. The molecule has 1 saturated heterocycles. The van der Waals surface area contributed by atoms with E-state index in [0.29, 0.717) is 0 Å². The minimum Gasteiger partial charge on any atom is -0.362 e. The molecule has 1 heterocycles. The summed E-state index contributed by atoms with van der Waals surface area (Å²) in [7, 11) is 1.45. The van der Waals surface area contributed by atoms with E-state index < -0.39 is 0 Å². The molecule has 4 heteroatoms. The fraction of sp³-hybridized carbons (Fsp3) is 0.750. The third kappa shape index (κ3) is 3.48. The molecular formula is C8H15NO3. The molecule has 1 aliphatic heterocycles. The highest BCUT2D eigenvalue weighted by atomic mass is 16.5. The lowest BCUT2D eigenvalue weighted by molar-refractivity contribution is -0.156. The summed E-state index contributed by atoms with van der Waals surface area (Å²) in [6.07, 6.45) is 1.25. The molecular weight excluding hydrogens is 158 g/mol. The topological polar surface area (TPSA) is 46.6 Å². The van der Waals surface area contributed by atoms with Crippen molar-refractivity contribution in [3.05, 3.63) is 0 Å². The minimum atomic E-state index is -0.272. The molecule has 0 aromatic heterocycles. The largest absolute Gasteiger partial charge is 0.362 e. The van der Waals surface area contributed by atoms with E-state index in [4.69, 9.17) is 0 Å². The van der Waals surface area contributed by atoms with Crippen LogP contribution >= 0.6 is 0 Å². The van der Waals surface area contributed by atoms with Gasteiger partial charge in [-0.1, -0.05) is 20.3 Å². The number of nitrogens with zero attached hydrogens (tertiary/aromatic N) is 1. The Balaban J connectivity index is 0.000000354. The van der Waals surface area contributed by atoms with Crippen LogP contribution in [0.2, 0.25) is 0 Å². The Morgan fingerprint density at radius 2 is 1.58 bits per heavy atom. The summed E-state index contributed by atoms with van der Waals surface area (Å²) in [5.74, 6) is -0.544. The minimum absolute atomic E-state index is 0.0300. The predicted molar refractivity (Wildman–Crippen MR) is 44.6 cm³/mol. The van der Waals surface area contributed by atoms with Gasteiger partial charge in [0.1, 0.15) is 13.2 Å². The van der Waals surface area contributed by atoms with Gasteiger partial charge in [0.2, 0.25) is 0 Å². The van der Waals surface area contributed by atoms with Crippen molar-refractivity contribution in [1.29, 1.82) is 0 Å². The fourth-order valence-corrected chi connectivity index (χ4v) is 0.558. The molecule has 1 rings (SSSR count). The van der Waals surface area contributed by atoms with Crippen LogP contribution in [-0.2, 0) is 14.3 Å². The molecule has 0 spiro atoms. The number of likely N-dealkylation sites (N-methyl/N-ethyl adjacent to an activating group) is 1. The first-order valence-electron chi connectivity index (χ1n) is 4.00. The number of morpholine rings is 1. The molecule has 1 aliphatic rings. The van der Waals surface area contributed by atoms with Crippen LogP contribution in [0.5, 0.6) is 0 Å². The van der Waals surface area contributed by atoms with Crippen LogP contribution in [0.25, 0.3) is 0 Å². The summed E-state index contributed by atoms with van der Waals surface area (Å²) < 4.78 is 4.62. The van der Waals surface area contributed by atoms with Gasteiger partial charge in [-0.2, -0.15) is 0 Å². The Bertz CT molecular complexity index is 152. The Morgan fingerprint density at radius 1 is 1.25 bits per heavy atom. The summed E-state index contributed by atoms with van der Waals surface area (Å²) in [6, 6.07) is 0. The molecule has 1 fully saturated rings. The zero-order chi connectivity index (χ0) is 9.56. The molecule has 0 N–H and O–H groups in total. The lowest BCUT2D eigenvalue weighted by atomic mass is 10.4. The lowest BCUT2D eigenvalue weighted by Gasteiger charge is -2.19. The van der Waals surface area contributed by atoms with E-state index in [2.05, 4.69) is 18.6 Å². The van der Waals surface area contributed by atoms with Crippen molar-refractivity contribution < 1.29 is 14.3 Å². The van der Waals surface area contributed by atoms with Crippen LogP contribution in [0, 0.1) is 0 Å². The second-order valence-electron chi connectivity index (χ2n) is 2.55. The number of hydrogen-bond acceptors (Lipinski definition) is 3. The maximum absolute atomic E-state index is 10.6. The second-order valence-corrected chi connectivity index (χ2v) is 2.55. The first-order valence-corrected chi connectivity index (χ1v) is 4.00. The third-order valence-corrected chi connectivity index (χ3v) is 1.20. The van der Waals surface area contributed by atoms with Crippen LogP contribution in [0.4, 0.5) is 0 Å². The van der Waals surface area contributed by atoms with Gasteiger partial charge in [0, 0.05) is 7.05 Å². The average Bonchev–Trinajstić information content (AvgIpc) is 2.02. The molecule has 70 valence electrons. The van der Waals surface area contributed by atoms with E-state index in [0.717, 1.165) is 4.90 Å². The standard InChI is InChI=1S/C5H7NO3.C3H8/c1-6-4(7)2-9-3-5(6)8;1-3-2/h2-3H2,1H3;3H2,1-2H3. The predicted octanol–water partition coefficient (Wildman–Crippen LogP) is 0.418. The quantitative estimate of drug-likeness (QED) is 0.499. The van der Waals surface area contributed by atoms with Gasteiger partial charge in [-0.05, 0) is 0 Å². The monoisotopic (exact) mass is 173 g/mol. The van der Waals surface area contributed by atoms with Crippen LogP contribution in [0.3, 0.4) is 0 Å². The molecule has 0 saturated carbocycles. The summed E-state index contributed by atoms with van der Waals surface area (Å²) in [5.41, 5.74) is 0. The first kappa shape index (κ1) is 11.1. The zero-order valence-electron chi connectivity index (χ0n) is 7.79. The van der Waals surface area contributed by atoms with Crippen LogP contribution in [0.1, 0.15) is 20.3 Å². The molecule has 2 amide bonds. The highest BCUT2D eigenvalue weighted by Crippen LogP contribution is 1.95. The molecule has 0 bridgehead atoms. The molecule has 0 unspecified atom stereocenters.